The molecule has 1 rings (SSSR count). The molecular formula is C16H22N2O. The van der Waals surface area contributed by atoms with Crippen LogP contribution in [0.3, 0.4) is 0 Å². The zero-order valence-electron chi connectivity index (χ0n) is 11.8. The lowest BCUT2D eigenvalue weighted by atomic mass is 10.0. The normalized spacial score (nSPS) is 11.6. The molecule has 3 heteroatoms. The minimum absolute atomic E-state index is 0.188. The van der Waals surface area contributed by atoms with Gasteiger partial charge in [0.1, 0.15) is 6.04 Å². The number of amides is 1. The molecule has 19 heavy (non-hydrogen) atoms. The lowest BCUT2D eigenvalue weighted by molar-refractivity contribution is 0.0948. The van der Waals surface area contributed by atoms with Gasteiger partial charge in [-0.2, -0.15) is 5.26 Å². The van der Waals surface area contributed by atoms with E-state index >= 15 is 0 Å². The molecule has 1 atom stereocenters. The second-order valence-corrected chi connectivity index (χ2v) is 4.83. The number of nitrogens with zero attached hydrogens (tertiary/aromatic N) is 1. The Kier molecular flexibility index (Phi) is 6.67. The Labute approximate surface area is 115 Å². The van der Waals surface area contributed by atoms with Crippen molar-refractivity contribution >= 4 is 5.91 Å². The van der Waals surface area contributed by atoms with Crippen molar-refractivity contribution in [1.29, 1.82) is 5.26 Å². The van der Waals surface area contributed by atoms with Gasteiger partial charge in [-0.05, 0) is 37.5 Å². The molecule has 3 nitrogen and oxygen atoms in total. The molecule has 1 aromatic rings. The molecular weight excluding hydrogens is 236 g/mol. The van der Waals surface area contributed by atoms with E-state index in [1.807, 2.05) is 30.3 Å². The van der Waals surface area contributed by atoms with E-state index in [9.17, 15) is 4.79 Å². The fourth-order valence-electron chi connectivity index (χ4n) is 1.89. The zero-order chi connectivity index (χ0) is 14.1. The van der Waals surface area contributed by atoms with Crippen molar-refractivity contribution in [2.45, 2.75) is 52.0 Å². The maximum absolute atomic E-state index is 11.8. The highest BCUT2D eigenvalue weighted by Crippen LogP contribution is 2.10. The molecule has 1 aromatic carbocycles. The molecule has 0 radical (unpaired) electrons. The number of unbranched alkanes of at least 4 members (excludes halogenated alkanes) is 3. The largest absolute Gasteiger partial charge is 0.337 e. The number of carbonyl (C=O) groups is 1. The molecule has 0 unspecified atom stereocenters. The van der Waals surface area contributed by atoms with E-state index in [4.69, 9.17) is 5.26 Å². The van der Waals surface area contributed by atoms with E-state index in [0.717, 1.165) is 6.42 Å². The lowest BCUT2D eigenvalue weighted by Crippen LogP contribution is -2.31. The molecule has 0 aliphatic rings. The monoisotopic (exact) mass is 258 g/mol. The van der Waals surface area contributed by atoms with Gasteiger partial charge in [-0.15, -0.1) is 0 Å². The van der Waals surface area contributed by atoms with Gasteiger partial charge in [-0.25, -0.2) is 0 Å². The summed E-state index contributed by atoms with van der Waals surface area (Å²) in [7, 11) is 0. The number of nitrogens with one attached hydrogen (secondary N) is 1. The fourth-order valence-corrected chi connectivity index (χ4v) is 1.89. The summed E-state index contributed by atoms with van der Waals surface area (Å²) in [5, 5.41) is 11.3. The summed E-state index contributed by atoms with van der Waals surface area (Å²) in [5.74, 6) is -0.188. The Bertz CT molecular complexity index is 431. The number of aryl methyl sites for hydroxylation is 1. The lowest BCUT2D eigenvalue weighted by Gasteiger charge is -2.07. The minimum atomic E-state index is -0.457. The van der Waals surface area contributed by atoms with Crippen LogP contribution in [0.4, 0.5) is 0 Å². The number of carbonyl (C=O) groups excluding carboxylic acids is 1. The number of nitriles is 1. The van der Waals surface area contributed by atoms with E-state index in [1.54, 1.807) is 6.92 Å². The van der Waals surface area contributed by atoms with Crippen LogP contribution in [-0.4, -0.2) is 11.9 Å². The van der Waals surface area contributed by atoms with Gasteiger partial charge in [0.2, 0.25) is 0 Å². The van der Waals surface area contributed by atoms with Gasteiger partial charge in [0.15, 0.2) is 0 Å². The van der Waals surface area contributed by atoms with Gasteiger partial charge < -0.3 is 5.32 Å². The molecule has 0 aliphatic heterocycles. The number of benzene rings is 1. The van der Waals surface area contributed by atoms with Crippen molar-refractivity contribution in [2.24, 2.45) is 0 Å². The SMILES string of the molecule is CCCCCCc1ccc(C(=O)N[C@@H](C)C#N)cc1. The van der Waals surface area contributed by atoms with Gasteiger partial charge in [0, 0.05) is 5.56 Å². The molecule has 0 spiro atoms. The highest BCUT2D eigenvalue weighted by atomic mass is 16.1. The van der Waals surface area contributed by atoms with E-state index < -0.39 is 6.04 Å². The first kappa shape index (κ1) is 15.2. The third-order valence-electron chi connectivity index (χ3n) is 3.08. The quantitative estimate of drug-likeness (QED) is 0.761. The maximum atomic E-state index is 11.8. The predicted molar refractivity (Wildman–Crippen MR) is 76.8 cm³/mol. The van der Waals surface area contributed by atoms with Crippen molar-refractivity contribution in [3.05, 3.63) is 35.4 Å². The smallest absolute Gasteiger partial charge is 0.252 e. The number of hydrogen-bond donors (Lipinski definition) is 1. The van der Waals surface area contributed by atoms with Crippen molar-refractivity contribution in [3.8, 4) is 6.07 Å². The maximum Gasteiger partial charge on any atom is 0.252 e. The van der Waals surface area contributed by atoms with Crippen molar-refractivity contribution < 1.29 is 4.79 Å². The average molecular weight is 258 g/mol. The molecule has 0 aromatic heterocycles. The third-order valence-corrected chi connectivity index (χ3v) is 3.08. The van der Waals surface area contributed by atoms with Crippen molar-refractivity contribution in [3.63, 3.8) is 0 Å². The summed E-state index contributed by atoms with van der Waals surface area (Å²) in [4.78, 5) is 11.8. The average Bonchev–Trinajstić information content (AvgIpc) is 2.44. The van der Waals surface area contributed by atoms with E-state index in [0.29, 0.717) is 5.56 Å². The molecule has 1 N–H and O–H groups in total. The highest BCUT2D eigenvalue weighted by molar-refractivity contribution is 5.94. The summed E-state index contributed by atoms with van der Waals surface area (Å²) >= 11 is 0. The van der Waals surface area contributed by atoms with Crippen LogP contribution < -0.4 is 5.32 Å². The van der Waals surface area contributed by atoms with Crippen LogP contribution in [-0.2, 0) is 6.42 Å². The van der Waals surface area contributed by atoms with Gasteiger partial charge in [0.25, 0.3) is 5.91 Å². The van der Waals surface area contributed by atoms with Crippen LogP contribution in [0.1, 0.15) is 55.5 Å². The van der Waals surface area contributed by atoms with Crippen LogP contribution in [0, 0.1) is 11.3 Å². The standard InChI is InChI=1S/C16H22N2O/c1-3-4-5-6-7-14-8-10-15(11-9-14)16(19)18-13(2)12-17/h8-11,13H,3-7H2,1-2H3,(H,18,19)/t13-/m0/s1. The van der Waals surface area contributed by atoms with Crippen LogP contribution in [0.2, 0.25) is 0 Å². The Morgan fingerprint density at radius 2 is 1.95 bits per heavy atom. The molecule has 0 saturated carbocycles. The summed E-state index contributed by atoms with van der Waals surface area (Å²) in [6.45, 7) is 3.87. The molecule has 0 heterocycles. The molecule has 0 saturated heterocycles. The second-order valence-electron chi connectivity index (χ2n) is 4.83. The molecule has 0 bridgehead atoms. The fraction of sp³-hybridized carbons (Fsp3) is 0.500. The van der Waals surface area contributed by atoms with Crippen LogP contribution in [0.25, 0.3) is 0 Å². The van der Waals surface area contributed by atoms with Gasteiger partial charge >= 0.3 is 0 Å². The van der Waals surface area contributed by atoms with E-state index in [-0.39, 0.29) is 5.91 Å². The molecule has 0 aliphatic carbocycles. The van der Waals surface area contributed by atoms with Crippen LogP contribution >= 0.6 is 0 Å². The summed E-state index contributed by atoms with van der Waals surface area (Å²) < 4.78 is 0. The Morgan fingerprint density at radius 3 is 2.53 bits per heavy atom. The second kappa shape index (κ2) is 8.31. The summed E-state index contributed by atoms with van der Waals surface area (Å²) in [6.07, 6.45) is 6.06. The van der Waals surface area contributed by atoms with Crippen molar-refractivity contribution in [2.75, 3.05) is 0 Å². The Balaban J connectivity index is 2.47. The van der Waals surface area contributed by atoms with Gasteiger partial charge in [-0.3, -0.25) is 4.79 Å². The first-order valence-corrected chi connectivity index (χ1v) is 6.96. The van der Waals surface area contributed by atoms with Gasteiger partial charge in [-0.1, -0.05) is 38.3 Å². The molecule has 0 fully saturated rings. The molecule has 102 valence electrons. The minimum Gasteiger partial charge on any atom is -0.337 e. The Morgan fingerprint density at radius 1 is 1.26 bits per heavy atom. The zero-order valence-corrected chi connectivity index (χ0v) is 11.8. The first-order valence-electron chi connectivity index (χ1n) is 6.96. The molecule has 1 amide bonds. The first-order chi connectivity index (χ1) is 9.17. The van der Waals surface area contributed by atoms with E-state index in [2.05, 4.69) is 12.2 Å². The van der Waals surface area contributed by atoms with Crippen LogP contribution in [0.5, 0.6) is 0 Å². The Hall–Kier alpha value is -1.82. The van der Waals surface area contributed by atoms with Crippen LogP contribution in [0.15, 0.2) is 24.3 Å². The highest BCUT2D eigenvalue weighted by Gasteiger charge is 2.08. The predicted octanol–water partition coefficient (Wildman–Crippen LogP) is 3.45. The number of rotatable bonds is 7. The van der Waals surface area contributed by atoms with Crippen molar-refractivity contribution in [1.82, 2.24) is 5.32 Å². The summed E-state index contributed by atoms with van der Waals surface area (Å²) in [6, 6.07) is 9.18. The van der Waals surface area contributed by atoms with Gasteiger partial charge in [0.05, 0.1) is 6.07 Å². The third kappa shape index (κ3) is 5.56. The topological polar surface area (TPSA) is 52.9 Å². The number of hydrogen-bond acceptors (Lipinski definition) is 2. The summed E-state index contributed by atoms with van der Waals surface area (Å²) in [5.41, 5.74) is 1.88. The van der Waals surface area contributed by atoms with E-state index in [1.165, 1.54) is 31.2 Å².